The highest BCUT2D eigenvalue weighted by atomic mass is 19.2. The van der Waals surface area contributed by atoms with Crippen LogP contribution >= 0.6 is 0 Å². The second kappa shape index (κ2) is 8.29. The minimum absolute atomic E-state index is 0.475. The van der Waals surface area contributed by atoms with E-state index in [1.165, 1.54) is 25.0 Å². The summed E-state index contributed by atoms with van der Waals surface area (Å²) in [6.07, 6.45) is 8.67. The molecule has 2 aromatic heterocycles. The Balaban J connectivity index is 1.45. The fraction of sp³-hybridized carbons (Fsp3) is 0.370. The molecule has 2 aliphatic rings. The standard InChI is InChI=1S/C27H27F2N5O/c1-17-15-33(16-30-17)23-9-6-19(12-24(23)35-2)25-31-32-26-27(14-18-4-5-18,10-3-11-34(25)26)20-7-8-21(28)22(29)13-20/h6-9,12-13,15-16,18H,3-5,10-11,14H2,1-2H3. The van der Waals surface area contributed by atoms with E-state index in [2.05, 4.69) is 19.7 Å². The van der Waals surface area contributed by atoms with Crippen molar-refractivity contribution >= 4 is 0 Å². The van der Waals surface area contributed by atoms with E-state index in [9.17, 15) is 8.78 Å². The maximum atomic E-state index is 14.3. The van der Waals surface area contributed by atoms with E-state index in [-0.39, 0.29) is 0 Å². The van der Waals surface area contributed by atoms with Gasteiger partial charge in [-0.2, -0.15) is 0 Å². The molecule has 1 saturated carbocycles. The first-order chi connectivity index (χ1) is 17.0. The van der Waals surface area contributed by atoms with Crippen LogP contribution in [0.3, 0.4) is 0 Å². The summed E-state index contributed by atoms with van der Waals surface area (Å²) in [6, 6.07) is 10.3. The lowest BCUT2D eigenvalue weighted by Crippen LogP contribution is -2.36. The Morgan fingerprint density at radius 3 is 2.66 bits per heavy atom. The van der Waals surface area contributed by atoms with Crippen LogP contribution in [0.25, 0.3) is 17.1 Å². The van der Waals surface area contributed by atoms with Gasteiger partial charge in [0.2, 0.25) is 0 Å². The summed E-state index contributed by atoms with van der Waals surface area (Å²) >= 11 is 0. The number of aryl methyl sites for hydroxylation is 1. The number of hydrogen-bond acceptors (Lipinski definition) is 4. The predicted octanol–water partition coefficient (Wildman–Crippen LogP) is 5.61. The molecule has 1 aliphatic carbocycles. The Labute approximate surface area is 202 Å². The third-order valence-corrected chi connectivity index (χ3v) is 7.40. The molecule has 8 heteroatoms. The topological polar surface area (TPSA) is 57.8 Å². The zero-order valence-electron chi connectivity index (χ0n) is 19.8. The summed E-state index contributed by atoms with van der Waals surface area (Å²) in [5.74, 6) is 1.24. The summed E-state index contributed by atoms with van der Waals surface area (Å²) in [7, 11) is 1.65. The minimum Gasteiger partial charge on any atom is -0.495 e. The first kappa shape index (κ1) is 21.9. The molecule has 35 heavy (non-hydrogen) atoms. The van der Waals surface area contributed by atoms with Crippen molar-refractivity contribution in [1.29, 1.82) is 0 Å². The predicted molar refractivity (Wildman–Crippen MR) is 128 cm³/mol. The highest BCUT2D eigenvalue weighted by Crippen LogP contribution is 2.50. The third kappa shape index (κ3) is 3.72. The van der Waals surface area contributed by atoms with Crippen LogP contribution in [0.4, 0.5) is 8.78 Å². The zero-order valence-corrected chi connectivity index (χ0v) is 19.8. The lowest BCUT2D eigenvalue weighted by molar-refractivity contribution is 0.316. The van der Waals surface area contributed by atoms with Crippen molar-refractivity contribution in [3.63, 3.8) is 0 Å². The van der Waals surface area contributed by atoms with Crippen LogP contribution in [0, 0.1) is 24.5 Å². The maximum absolute atomic E-state index is 14.3. The number of methoxy groups -OCH3 is 1. The Hall–Kier alpha value is -3.55. The van der Waals surface area contributed by atoms with Gasteiger partial charge in [-0.05, 0) is 68.0 Å². The van der Waals surface area contributed by atoms with Crippen molar-refractivity contribution < 1.29 is 13.5 Å². The molecule has 6 nitrogen and oxygen atoms in total. The molecule has 1 unspecified atom stereocenters. The largest absolute Gasteiger partial charge is 0.495 e. The molecular formula is C27H27F2N5O. The molecule has 0 spiro atoms. The number of fused-ring (bicyclic) bond motifs is 1. The van der Waals surface area contributed by atoms with E-state index in [1.807, 2.05) is 35.9 Å². The van der Waals surface area contributed by atoms with Gasteiger partial charge in [0.05, 0.1) is 30.2 Å². The summed E-state index contributed by atoms with van der Waals surface area (Å²) in [6.45, 7) is 2.72. The summed E-state index contributed by atoms with van der Waals surface area (Å²) in [4.78, 5) is 4.31. The molecule has 1 fully saturated rings. The molecule has 3 heterocycles. The number of hydrogen-bond donors (Lipinski definition) is 0. The SMILES string of the molecule is COc1cc(-c2nnc3n2CCCC3(CC2CC2)c2ccc(F)c(F)c2)ccc1-n1cnc(C)c1. The fourth-order valence-electron chi connectivity index (χ4n) is 5.51. The molecule has 1 aliphatic heterocycles. The van der Waals surface area contributed by atoms with Crippen LogP contribution in [-0.2, 0) is 12.0 Å². The summed E-state index contributed by atoms with van der Waals surface area (Å²) in [5.41, 5.74) is 3.02. The van der Waals surface area contributed by atoms with E-state index in [0.29, 0.717) is 11.7 Å². The van der Waals surface area contributed by atoms with Gasteiger partial charge in [-0.3, -0.25) is 0 Å². The van der Waals surface area contributed by atoms with Gasteiger partial charge in [0.1, 0.15) is 11.6 Å². The van der Waals surface area contributed by atoms with Crippen molar-refractivity contribution in [2.24, 2.45) is 5.92 Å². The maximum Gasteiger partial charge on any atom is 0.164 e. The van der Waals surface area contributed by atoms with Gasteiger partial charge in [-0.1, -0.05) is 18.9 Å². The second-order valence-electron chi connectivity index (χ2n) is 9.77. The van der Waals surface area contributed by atoms with E-state index < -0.39 is 17.0 Å². The molecule has 0 saturated heterocycles. The van der Waals surface area contributed by atoms with E-state index >= 15 is 0 Å². The summed E-state index contributed by atoms with van der Waals surface area (Å²) in [5, 5.41) is 9.29. The van der Waals surface area contributed by atoms with Crippen molar-refractivity contribution in [2.75, 3.05) is 7.11 Å². The summed E-state index contributed by atoms with van der Waals surface area (Å²) < 4.78 is 37.9. The Morgan fingerprint density at radius 1 is 1.09 bits per heavy atom. The number of imidazole rings is 1. The normalized spacial score (nSPS) is 19.5. The van der Waals surface area contributed by atoms with E-state index in [0.717, 1.165) is 60.0 Å². The monoisotopic (exact) mass is 475 g/mol. The molecular weight excluding hydrogens is 448 g/mol. The highest BCUT2D eigenvalue weighted by Gasteiger charge is 2.45. The Kier molecular flexibility index (Phi) is 5.20. The van der Waals surface area contributed by atoms with E-state index in [1.54, 1.807) is 19.5 Å². The third-order valence-electron chi connectivity index (χ3n) is 7.40. The number of benzene rings is 2. The number of rotatable bonds is 6. The first-order valence-electron chi connectivity index (χ1n) is 12.1. The molecule has 1 atom stereocenters. The number of halogens is 2. The second-order valence-corrected chi connectivity index (χ2v) is 9.77. The first-order valence-corrected chi connectivity index (χ1v) is 12.1. The van der Waals surface area contributed by atoms with Gasteiger partial charge >= 0.3 is 0 Å². The molecule has 6 rings (SSSR count). The van der Waals surface area contributed by atoms with Crippen molar-refractivity contribution in [1.82, 2.24) is 24.3 Å². The molecule has 0 bridgehead atoms. The van der Waals surface area contributed by atoms with Gasteiger partial charge < -0.3 is 13.9 Å². The smallest absolute Gasteiger partial charge is 0.164 e. The number of aromatic nitrogens is 5. The average molecular weight is 476 g/mol. The molecule has 0 amide bonds. The van der Waals surface area contributed by atoms with Crippen LogP contribution < -0.4 is 4.74 Å². The van der Waals surface area contributed by atoms with Gasteiger partial charge in [0.15, 0.2) is 17.5 Å². The van der Waals surface area contributed by atoms with Crippen LogP contribution in [0.15, 0.2) is 48.9 Å². The Bertz CT molecular complexity index is 1410. The lowest BCUT2D eigenvalue weighted by atomic mass is 9.70. The van der Waals surface area contributed by atoms with Crippen LogP contribution in [0.1, 0.15) is 49.2 Å². The van der Waals surface area contributed by atoms with Crippen molar-refractivity contribution in [2.45, 2.75) is 51.0 Å². The van der Waals surface area contributed by atoms with Gasteiger partial charge in [-0.25, -0.2) is 13.8 Å². The van der Waals surface area contributed by atoms with Crippen LogP contribution in [0.5, 0.6) is 5.75 Å². The van der Waals surface area contributed by atoms with Crippen LogP contribution in [-0.4, -0.2) is 31.4 Å². The quantitative estimate of drug-likeness (QED) is 0.364. The van der Waals surface area contributed by atoms with E-state index in [4.69, 9.17) is 4.74 Å². The molecule has 0 radical (unpaired) electrons. The van der Waals surface area contributed by atoms with Crippen molar-refractivity contribution in [3.8, 4) is 22.8 Å². The molecule has 0 N–H and O–H groups in total. The van der Waals surface area contributed by atoms with Gasteiger partial charge in [0.25, 0.3) is 0 Å². The number of ether oxygens (including phenoxy) is 1. The lowest BCUT2D eigenvalue weighted by Gasteiger charge is -2.38. The molecule has 4 aromatic rings. The minimum atomic E-state index is -0.825. The van der Waals surface area contributed by atoms with Gasteiger partial charge in [-0.15, -0.1) is 10.2 Å². The average Bonchev–Trinajstić information content (AvgIpc) is 3.39. The molecule has 2 aromatic carbocycles. The van der Waals surface area contributed by atoms with Crippen molar-refractivity contribution in [3.05, 3.63) is 77.6 Å². The highest BCUT2D eigenvalue weighted by molar-refractivity contribution is 5.64. The Morgan fingerprint density at radius 2 is 1.94 bits per heavy atom. The fourth-order valence-corrected chi connectivity index (χ4v) is 5.51. The zero-order chi connectivity index (χ0) is 24.2. The van der Waals surface area contributed by atoms with Gasteiger partial charge in [0, 0.05) is 18.3 Å². The molecule has 180 valence electrons. The van der Waals surface area contributed by atoms with Crippen LogP contribution in [0.2, 0.25) is 0 Å². The number of nitrogens with zero attached hydrogens (tertiary/aromatic N) is 5.